The van der Waals surface area contributed by atoms with Crippen LogP contribution in [-0.2, 0) is 32.3 Å². The Morgan fingerprint density at radius 3 is 2.24 bits per heavy atom. The van der Waals surface area contributed by atoms with E-state index in [9.17, 15) is 28.2 Å². The fourth-order valence-electron chi connectivity index (χ4n) is 5.92. The number of nitrogens with one attached hydrogen (secondary N) is 3. The molecular formula is C34H54N4O6S. The highest BCUT2D eigenvalue weighted by Crippen LogP contribution is 2.29. The zero-order valence-corrected chi connectivity index (χ0v) is 28.4. The quantitative estimate of drug-likeness (QED) is 0.186. The van der Waals surface area contributed by atoms with Crippen molar-refractivity contribution < 1.29 is 28.2 Å². The number of aromatic nitrogens is 2. The summed E-state index contributed by atoms with van der Waals surface area (Å²) in [5, 5.41) is 28.1. The van der Waals surface area contributed by atoms with Crippen molar-refractivity contribution in [2.75, 3.05) is 5.75 Å². The Kier molecular flexibility index (Phi) is 13.6. The van der Waals surface area contributed by atoms with E-state index in [-0.39, 0.29) is 24.5 Å². The largest absolute Gasteiger partial charge is 0.390 e. The zero-order valence-electron chi connectivity index (χ0n) is 27.5. The molecule has 1 aliphatic carbocycles. The molecule has 6 atom stereocenters. The van der Waals surface area contributed by atoms with Crippen LogP contribution in [0.25, 0.3) is 0 Å². The van der Waals surface area contributed by atoms with Crippen LogP contribution in [0.2, 0.25) is 0 Å². The van der Waals surface area contributed by atoms with Crippen molar-refractivity contribution in [2.45, 2.75) is 121 Å². The topological polar surface area (TPSA) is 161 Å². The second kappa shape index (κ2) is 16.7. The van der Waals surface area contributed by atoms with Gasteiger partial charge in [0.1, 0.15) is 12.1 Å². The molecule has 0 bridgehead atoms. The molecule has 1 aromatic heterocycles. The second-order valence-corrected chi connectivity index (χ2v) is 16.6. The molecule has 1 aromatic carbocycles. The van der Waals surface area contributed by atoms with Gasteiger partial charge in [-0.3, -0.25) is 9.59 Å². The van der Waals surface area contributed by atoms with Gasteiger partial charge in [0.25, 0.3) is 0 Å². The van der Waals surface area contributed by atoms with Gasteiger partial charge in [-0.25, -0.2) is 13.4 Å². The summed E-state index contributed by atoms with van der Waals surface area (Å²) < 4.78 is 25.5. The Hall–Kier alpha value is -2.76. The highest BCUT2D eigenvalue weighted by atomic mass is 32.2. The molecule has 0 radical (unpaired) electrons. The Labute approximate surface area is 269 Å². The molecule has 1 aliphatic rings. The molecule has 0 aliphatic heterocycles. The molecule has 1 saturated carbocycles. The van der Waals surface area contributed by atoms with Crippen LogP contribution in [-0.4, -0.2) is 75.2 Å². The van der Waals surface area contributed by atoms with Crippen LogP contribution in [0, 0.1) is 17.8 Å². The van der Waals surface area contributed by atoms with Crippen molar-refractivity contribution in [2.24, 2.45) is 17.8 Å². The molecule has 2 amide bonds. The molecular weight excluding hydrogens is 592 g/mol. The van der Waals surface area contributed by atoms with Gasteiger partial charge in [0, 0.05) is 18.3 Å². The summed E-state index contributed by atoms with van der Waals surface area (Å²) in [6, 6.07) is 7.43. The van der Waals surface area contributed by atoms with Crippen LogP contribution < -0.4 is 10.6 Å². The van der Waals surface area contributed by atoms with Crippen molar-refractivity contribution in [1.82, 2.24) is 20.6 Å². The van der Waals surface area contributed by atoms with E-state index in [1.165, 1.54) is 12.7 Å². The summed E-state index contributed by atoms with van der Waals surface area (Å²) >= 11 is 0. The second-order valence-electron chi connectivity index (χ2n) is 13.8. The summed E-state index contributed by atoms with van der Waals surface area (Å²) in [5.41, 5.74) is 1.42. The number of rotatable bonds is 16. The minimum atomic E-state index is -3.67. The normalized spacial score (nSPS) is 18.7. The number of aliphatic hydroxyl groups is 2. The summed E-state index contributed by atoms with van der Waals surface area (Å²) in [4.78, 5) is 34.9. The molecule has 5 N–H and O–H groups in total. The van der Waals surface area contributed by atoms with E-state index in [4.69, 9.17) is 0 Å². The zero-order chi connectivity index (χ0) is 33.2. The molecule has 1 fully saturated rings. The fraction of sp³-hybridized carbons (Fsp3) is 0.676. The lowest BCUT2D eigenvalue weighted by Gasteiger charge is -2.35. The highest BCUT2D eigenvalue weighted by Gasteiger charge is 2.37. The highest BCUT2D eigenvalue weighted by molar-refractivity contribution is 7.92. The first kappa shape index (κ1) is 36.7. The number of nitrogens with zero attached hydrogens (tertiary/aromatic N) is 1. The fourth-order valence-corrected chi connectivity index (χ4v) is 7.22. The number of sulfone groups is 1. The molecule has 1 unspecified atom stereocenters. The molecule has 2 aromatic rings. The lowest BCUT2D eigenvalue weighted by Crippen LogP contribution is -2.57. The number of carbonyl (C=O) groups excluding carboxylic acids is 2. The number of hydrogen-bond donors (Lipinski definition) is 5. The van der Waals surface area contributed by atoms with E-state index < -0.39 is 56.6 Å². The Balaban J connectivity index is 1.88. The Morgan fingerprint density at radius 1 is 1.00 bits per heavy atom. The average molecular weight is 647 g/mol. The average Bonchev–Trinajstić information content (AvgIpc) is 3.52. The maximum atomic E-state index is 14.0. The number of carbonyl (C=O) groups is 2. The molecule has 252 valence electrons. The van der Waals surface area contributed by atoms with Crippen molar-refractivity contribution in [1.29, 1.82) is 0 Å². The lowest BCUT2D eigenvalue weighted by atomic mass is 9.81. The van der Waals surface area contributed by atoms with E-state index >= 15 is 0 Å². The number of H-pyrrole nitrogens is 1. The SMILES string of the molecule is CCC(C)[C@@H](O)[C@H](O)[C@H](CC1CCCCC1)NC(=O)[C@H](Cc1cnc[nH]1)NC(=O)[C@H](Cc1ccccc1)CS(=O)(=O)C(C)(C)C. The van der Waals surface area contributed by atoms with Crippen LogP contribution in [0.1, 0.15) is 90.8 Å². The molecule has 45 heavy (non-hydrogen) atoms. The third-order valence-electron chi connectivity index (χ3n) is 9.29. The molecule has 0 saturated heterocycles. The minimum absolute atomic E-state index is 0.0851. The number of aromatic amines is 1. The Bertz CT molecular complexity index is 1290. The standard InChI is InChI=1S/C34H54N4O6S/c1-6-23(2)30(39)31(40)28(18-25-15-11-8-12-16-25)37-33(42)29(19-27-20-35-22-36-27)38-32(41)26(17-24-13-9-7-10-14-24)21-45(43,44)34(3,4)5/h7,9-10,13-14,20,22-23,25-26,28-31,39-40H,6,8,11-12,15-19,21H2,1-5H3,(H,35,36)(H,37,42)(H,38,41)/t23?,26-,28+,29+,30-,31-/m1/s1. The van der Waals surface area contributed by atoms with Crippen LogP contribution in [0.3, 0.4) is 0 Å². The van der Waals surface area contributed by atoms with Gasteiger partial charge in [-0.1, -0.05) is 82.7 Å². The van der Waals surface area contributed by atoms with Gasteiger partial charge in [-0.05, 0) is 51.0 Å². The summed E-state index contributed by atoms with van der Waals surface area (Å²) in [7, 11) is -3.67. The Morgan fingerprint density at radius 2 is 1.67 bits per heavy atom. The maximum Gasteiger partial charge on any atom is 0.243 e. The van der Waals surface area contributed by atoms with E-state index in [1.807, 2.05) is 44.2 Å². The van der Waals surface area contributed by atoms with E-state index in [0.717, 1.165) is 31.2 Å². The van der Waals surface area contributed by atoms with Gasteiger partial charge >= 0.3 is 0 Å². The van der Waals surface area contributed by atoms with Crippen molar-refractivity contribution in [3.63, 3.8) is 0 Å². The third kappa shape index (κ3) is 10.9. The van der Waals surface area contributed by atoms with E-state index in [1.54, 1.807) is 27.0 Å². The number of amides is 2. The van der Waals surface area contributed by atoms with Crippen molar-refractivity contribution in [3.8, 4) is 0 Å². The number of aliphatic hydroxyl groups excluding tert-OH is 2. The monoisotopic (exact) mass is 646 g/mol. The van der Waals surface area contributed by atoms with Gasteiger partial charge in [0.2, 0.25) is 11.8 Å². The number of imidazole rings is 1. The number of hydrogen-bond acceptors (Lipinski definition) is 7. The van der Waals surface area contributed by atoms with Gasteiger partial charge in [0.05, 0.1) is 34.9 Å². The molecule has 1 heterocycles. The summed E-state index contributed by atoms with van der Waals surface area (Å²) in [5.74, 6) is -2.23. The summed E-state index contributed by atoms with van der Waals surface area (Å²) in [6.45, 7) is 8.64. The van der Waals surface area contributed by atoms with Crippen LogP contribution in [0.4, 0.5) is 0 Å². The molecule has 0 spiro atoms. The lowest BCUT2D eigenvalue weighted by molar-refractivity contribution is -0.132. The first-order chi connectivity index (χ1) is 21.2. The summed E-state index contributed by atoms with van der Waals surface area (Å²) in [6.07, 6.45) is 7.64. The van der Waals surface area contributed by atoms with Gasteiger partial charge in [0.15, 0.2) is 9.84 Å². The van der Waals surface area contributed by atoms with Gasteiger partial charge < -0.3 is 25.8 Å². The van der Waals surface area contributed by atoms with Crippen LogP contribution >= 0.6 is 0 Å². The van der Waals surface area contributed by atoms with Crippen LogP contribution in [0.15, 0.2) is 42.9 Å². The van der Waals surface area contributed by atoms with E-state index in [0.29, 0.717) is 24.5 Å². The molecule has 10 nitrogen and oxygen atoms in total. The first-order valence-corrected chi connectivity index (χ1v) is 18.1. The van der Waals surface area contributed by atoms with Gasteiger partial charge in [-0.15, -0.1) is 0 Å². The predicted octanol–water partition coefficient (Wildman–Crippen LogP) is 3.73. The smallest absolute Gasteiger partial charge is 0.243 e. The van der Waals surface area contributed by atoms with Gasteiger partial charge in [-0.2, -0.15) is 0 Å². The number of benzene rings is 1. The predicted molar refractivity (Wildman–Crippen MR) is 176 cm³/mol. The van der Waals surface area contributed by atoms with Crippen molar-refractivity contribution in [3.05, 3.63) is 54.1 Å². The maximum absolute atomic E-state index is 14.0. The third-order valence-corrected chi connectivity index (χ3v) is 12.0. The molecule has 3 rings (SSSR count). The first-order valence-electron chi connectivity index (χ1n) is 16.4. The molecule has 11 heteroatoms. The van der Waals surface area contributed by atoms with Crippen molar-refractivity contribution >= 4 is 21.7 Å². The minimum Gasteiger partial charge on any atom is -0.390 e. The van der Waals surface area contributed by atoms with Crippen LogP contribution in [0.5, 0.6) is 0 Å². The van der Waals surface area contributed by atoms with E-state index in [2.05, 4.69) is 20.6 Å².